The number of likely N-dealkylation sites (tertiary alicyclic amines) is 1. The topological polar surface area (TPSA) is 73.7 Å². The molecule has 0 N–H and O–H groups in total. The van der Waals surface area contributed by atoms with Gasteiger partial charge in [-0.25, -0.2) is 4.68 Å². The molecule has 3 rings (SSSR count). The van der Waals surface area contributed by atoms with Crippen LogP contribution in [0.25, 0.3) is 5.69 Å². The smallest absolute Gasteiger partial charge is 0.278 e. The number of methoxy groups -OCH3 is 1. The summed E-state index contributed by atoms with van der Waals surface area (Å²) >= 11 is 0. The first kappa shape index (κ1) is 18.0. The lowest BCUT2D eigenvalue weighted by molar-refractivity contribution is 0.0714. The first-order chi connectivity index (χ1) is 12.6. The van der Waals surface area contributed by atoms with Crippen LogP contribution in [0.1, 0.15) is 36.7 Å². The molecule has 7 heteroatoms. The van der Waals surface area contributed by atoms with Crippen LogP contribution in [0, 0.1) is 0 Å². The van der Waals surface area contributed by atoms with E-state index in [1.807, 2.05) is 6.92 Å². The van der Waals surface area contributed by atoms with Gasteiger partial charge in [0.15, 0.2) is 5.69 Å². The molecular weight excluding hydrogens is 334 g/mol. The second kappa shape index (κ2) is 8.03. The number of aromatic nitrogens is 2. The predicted octanol–water partition coefficient (Wildman–Crippen LogP) is 2.27. The number of amides is 1. The first-order valence-corrected chi connectivity index (χ1v) is 8.85. The number of carbonyl (C=O) groups excluding carboxylic acids is 1. The maximum absolute atomic E-state index is 12.8. The zero-order valence-electron chi connectivity index (χ0n) is 15.1. The van der Waals surface area contributed by atoms with Crippen molar-refractivity contribution in [1.82, 2.24) is 14.7 Å². The Morgan fingerprint density at radius 3 is 2.46 bits per heavy atom. The number of ether oxygens (including phenoxy) is 2. The van der Waals surface area contributed by atoms with E-state index >= 15 is 0 Å². The van der Waals surface area contributed by atoms with Gasteiger partial charge >= 0.3 is 0 Å². The van der Waals surface area contributed by atoms with Crippen LogP contribution in [0.2, 0.25) is 0 Å². The highest BCUT2D eigenvalue weighted by Gasteiger charge is 2.24. The van der Waals surface area contributed by atoms with E-state index in [9.17, 15) is 9.59 Å². The Hall–Kier alpha value is -2.83. The number of benzene rings is 1. The van der Waals surface area contributed by atoms with Crippen LogP contribution in [0.4, 0.5) is 0 Å². The fourth-order valence-electron chi connectivity index (χ4n) is 2.99. The maximum Gasteiger partial charge on any atom is 0.278 e. The monoisotopic (exact) mass is 357 g/mol. The average Bonchev–Trinajstić information content (AvgIpc) is 2.69. The van der Waals surface area contributed by atoms with E-state index < -0.39 is 5.43 Å². The maximum atomic E-state index is 12.8. The summed E-state index contributed by atoms with van der Waals surface area (Å²) in [5, 5.41) is 4.34. The normalized spacial score (nSPS) is 14.2. The molecule has 138 valence electrons. The fraction of sp³-hybridized carbons (Fsp3) is 0.421. The molecular formula is C19H23N3O4. The minimum absolute atomic E-state index is 0.0776. The van der Waals surface area contributed by atoms with Gasteiger partial charge in [0.25, 0.3) is 5.91 Å². The summed E-state index contributed by atoms with van der Waals surface area (Å²) in [5.41, 5.74) is 0.182. The zero-order valence-corrected chi connectivity index (χ0v) is 15.1. The van der Waals surface area contributed by atoms with Gasteiger partial charge in [-0.05, 0) is 50.5 Å². The van der Waals surface area contributed by atoms with Gasteiger partial charge in [0.05, 0.1) is 25.5 Å². The second-order valence-electron chi connectivity index (χ2n) is 6.09. The van der Waals surface area contributed by atoms with Crippen LogP contribution < -0.4 is 14.9 Å². The second-order valence-corrected chi connectivity index (χ2v) is 6.09. The molecule has 1 amide bonds. The van der Waals surface area contributed by atoms with Gasteiger partial charge in [-0.3, -0.25) is 9.59 Å². The number of hydrogen-bond acceptors (Lipinski definition) is 5. The van der Waals surface area contributed by atoms with Gasteiger partial charge in [-0.1, -0.05) is 0 Å². The molecule has 0 unspecified atom stereocenters. The third-order valence-electron chi connectivity index (χ3n) is 4.35. The van der Waals surface area contributed by atoms with Gasteiger partial charge in [-0.2, -0.15) is 5.10 Å². The summed E-state index contributed by atoms with van der Waals surface area (Å²) in [6, 6.07) is 8.51. The number of carbonyl (C=O) groups is 1. The summed E-state index contributed by atoms with van der Waals surface area (Å²) in [5.74, 6) is 0.690. The Labute approximate surface area is 152 Å². The first-order valence-electron chi connectivity index (χ1n) is 8.85. The van der Waals surface area contributed by atoms with Crippen molar-refractivity contribution in [3.8, 4) is 17.3 Å². The minimum atomic E-state index is -0.422. The number of nitrogens with zero attached hydrogens (tertiary/aromatic N) is 3. The van der Waals surface area contributed by atoms with E-state index in [1.54, 1.807) is 36.3 Å². The molecule has 7 nitrogen and oxygen atoms in total. The number of rotatable bonds is 5. The quantitative estimate of drug-likeness (QED) is 0.821. The lowest BCUT2D eigenvalue weighted by atomic mass is 10.1. The van der Waals surface area contributed by atoms with Crippen molar-refractivity contribution >= 4 is 5.91 Å². The van der Waals surface area contributed by atoms with Crippen molar-refractivity contribution in [3.63, 3.8) is 0 Å². The third-order valence-corrected chi connectivity index (χ3v) is 4.35. The molecule has 0 atom stereocenters. The highest BCUT2D eigenvalue weighted by Crippen LogP contribution is 2.19. The van der Waals surface area contributed by atoms with Gasteiger partial charge in [0.1, 0.15) is 5.75 Å². The third kappa shape index (κ3) is 3.71. The van der Waals surface area contributed by atoms with Crippen LogP contribution in [-0.4, -0.2) is 47.4 Å². The number of hydrogen-bond donors (Lipinski definition) is 0. The minimum Gasteiger partial charge on any atom is -0.497 e. The Balaban J connectivity index is 2.03. The van der Waals surface area contributed by atoms with Crippen LogP contribution in [-0.2, 0) is 0 Å². The summed E-state index contributed by atoms with van der Waals surface area (Å²) in [4.78, 5) is 26.9. The van der Waals surface area contributed by atoms with Gasteiger partial charge < -0.3 is 14.4 Å². The molecule has 0 radical (unpaired) electrons. The van der Waals surface area contributed by atoms with E-state index in [1.165, 1.54) is 10.7 Å². The Morgan fingerprint density at radius 1 is 1.15 bits per heavy atom. The summed E-state index contributed by atoms with van der Waals surface area (Å²) in [6.45, 7) is 3.54. The fourth-order valence-corrected chi connectivity index (χ4v) is 2.99. The van der Waals surface area contributed by atoms with Crippen LogP contribution in [0.5, 0.6) is 11.6 Å². The molecule has 0 saturated carbocycles. The zero-order chi connectivity index (χ0) is 18.5. The molecule has 0 bridgehead atoms. The van der Waals surface area contributed by atoms with Crippen molar-refractivity contribution < 1.29 is 14.3 Å². The summed E-state index contributed by atoms with van der Waals surface area (Å²) in [6.07, 6.45) is 3.02. The van der Waals surface area contributed by atoms with E-state index in [2.05, 4.69) is 5.10 Å². The predicted molar refractivity (Wildman–Crippen MR) is 97.3 cm³/mol. The Kier molecular flexibility index (Phi) is 5.55. The number of piperidine rings is 1. The Bertz CT molecular complexity index is 824. The molecule has 0 aliphatic carbocycles. The van der Waals surface area contributed by atoms with E-state index in [0.29, 0.717) is 37.0 Å². The van der Waals surface area contributed by atoms with E-state index in [0.717, 1.165) is 19.3 Å². The highest BCUT2D eigenvalue weighted by molar-refractivity contribution is 5.92. The van der Waals surface area contributed by atoms with Crippen molar-refractivity contribution in [2.45, 2.75) is 26.2 Å². The SMILES string of the molecule is CCOc1cc(=O)c(C(=O)N2CCCCC2)nn1-c1ccc(OC)cc1. The van der Waals surface area contributed by atoms with Crippen LogP contribution >= 0.6 is 0 Å². The molecule has 1 fully saturated rings. The summed E-state index contributed by atoms with van der Waals surface area (Å²) < 4.78 is 12.2. The largest absolute Gasteiger partial charge is 0.497 e. The van der Waals surface area contributed by atoms with Crippen molar-refractivity contribution in [3.05, 3.63) is 46.2 Å². The lowest BCUT2D eigenvalue weighted by Crippen LogP contribution is -2.39. The molecule has 1 aromatic carbocycles. The Morgan fingerprint density at radius 2 is 1.85 bits per heavy atom. The molecule has 1 aromatic heterocycles. The van der Waals surface area contributed by atoms with Gasteiger partial charge in [0.2, 0.25) is 11.3 Å². The van der Waals surface area contributed by atoms with Gasteiger partial charge in [-0.15, -0.1) is 0 Å². The van der Waals surface area contributed by atoms with Crippen LogP contribution in [0.15, 0.2) is 35.1 Å². The molecule has 2 heterocycles. The highest BCUT2D eigenvalue weighted by atomic mass is 16.5. The standard InChI is InChI=1S/C19H23N3O4/c1-3-26-17-13-16(23)18(19(24)21-11-5-4-6-12-21)20-22(17)14-7-9-15(25-2)10-8-14/h7-10,13H,3-6,11-12H2,1-2H3. The van der Waals surface area contributed by atoms with Crippen molar-refractivity contribution in [2.75, 3.05) is 26.8 Å². The molecule has 2 aromatic rings. The molecule has 0 spiro atoms. The van der Waals surface area contributed by atoms with Crippen LogP contribution in [0.3, 0.4) is 0 Å². The van der Waals surface area contributed by atoms with E-state index in [-0.39, 0.29) is 11.6 Å². The van der Waals surface area contributed by atoms with Crippen molar-refractivity contribution in [2.24, 2.45) is 0 Å². The lowest BCUT2D eigenvalue weighted by Gasteiger charge is -2.26. The molecule has 26 heavy (non-hydrogen) atoms. The van der Waals surface area contributed by atoms with E-state index in [4.69, 9.17) is 9.47 Å². The molecule has 1 aliphatic rings. The average molecular weight is 357 g/mol. The van der Waals surface area contributed by atoms with Crippen molar-refractivity contribution in [1.29, 1.82) is 0 Å². The molecule has 1 saturated heterocycles. The summed E-state index contributed by atoms with van der Waals surface area (Å²) in [7, 11) is 1.59. The molecule has 1 aliphatic heterocycles. The van der Waals surface area contributed by atoms with Gasteiger partial charge in [0, 0.05) is 13.1 Å².